The molecule has 0 radical (unpaired) electrons. The fourth-order valence-corrected chi connectivity index (χ4v) is 3.59. The first kappa shape index (κ1) is 29.4. The van der Waals surface area contributed by atoms with Crippen LogP contribution in [0.2, 0.25) is 0 Å². The molecule has 1 amide bonds. The van der Waals surface area contributed by atoms with Crippen LogP contribution in [0.5, 0.6) is 11.5 Å². The predicted molar refractivity (Wildman–Crippen MR) is 136 cm³/mol. The van der Waals surface area contributed by atoms with E-state index in [0.717, 1.165) is 36.2 Å². The van der Waals surface area contributed by atoms with Crippen LogP contribution in [-0.4, -0.2) is 31.0 Å². The van der Waals surface area contributed by atoms with Gasteiger partial charge in [0.15, 0.2) is 0 Å². The van der Waals surface area contributed by atoms with Crippen molar-refractivity contribution in [3.63, 3.8) is 0 Å². The van der Waals surface area contributed by atoms with Crippen molar-refractivity contribution in [3.8, 4) is 11.5 Å². The van der Waals surface area contributed by atoms with Crippen LogP contribution >= 0.6 is 0 Å². The number of amides is 1. The SMILES string of the molecule is CC.CCCc1cccc(N2CCc3ccc(Oc4ccc(C(F)(F)F)cc4)cc3C2=O)n1.COC=O. The van der Waals surface area contributed by atoms with Gasteiger partial charge in [0.05, 0.1) is 12.7 Å². The molecule has 198 valence electrons. The van der Waals surface area contributed by atoms with Crippen molar-refractivity contribution in [2.45, 2.75) is 46.2 Å². The standard InChI is InChI=1S/C24H21F3N2O2.C2H4O2.C2H6/c1-2-4-18-5-3-6-22(28-18)29-14-13-16-7-10-20(15-21(16)23(29)30)31-19-11-8-17(9-12-19)24(25,26)27;1-4-2-3;1-2/h3,5-12,15H,2,4,13-14H2,1H3;2H,1H3;1-2H3. The molecule has 1 aliphatic heterocycles. The highest BCUT2D eigenvalue weighted by molar-refractivity contribution is 6.08. The zero-order valence-corrected chi connectivity index (χ0v) is 21.3. The highest BCUT2D eigenvalue weighted by atomic mass is 19.4. The molecule has 2 heterocycles. The molecule has 0 spiro atoms. The molecule has 9 heteroatoms. The molecule has 2 aromatic carbocycles. The quantitative estimate of drug-likeness (QED) is 0.335. The number of pyridine rings is 1. The molecule has 3 aromatic rings. The van der Waals surface area contributed by atoms with Crippen LogP contribution in [0.3, 0.4) is 0 Å². The van der Waals surface area contributed by atoms with Gasteiger partial charge in [-0.05, 0) is 66.9 Å². The number of ether oxygens (including phenoxy) is 2. The van der Waals surface area contributed by atoms with Crippen LogP contribution in [0.25, 0.3) is 0 Å². The Morgan fingerprint density at radius 2 is 1.68 bits per heavy atom. The first-order valence-electron chi connectivity index (χ1n) is 12.0. The van der Waals surface area contributed by atoms with E-state index < -0.39 is 11.7 Å². The zero-order valence-electron chi connectivity index (χ0n) is 21.3. The van der Waals surface area contributed by atoms with Crippen molar-refractivity contribution < 1.29 is 32.2 Å². The van der Waals surface area contributed by atoms with E-state index in [1.54, 1.807) is 17.0 Å². The highest BCUT2D eigenvalue weighted by Crippen LogP contribution is 2.33. The second kappa shape index (κ2) is 14.0. The summed E-state index contributed by atoms with van der Waals surface area (Å²) in [5.74, 6) is 1.11. The van der Waals surface area contributed by atoms with Gasteiger partial charge in [0, 0.05) is 17.8 Å². The lowest BCUT2D eigenvalue weighted by molar-refractivity contribution is -0.137. The van der Waals surface area contributed by atoms with Gasteiger partial charge in [-0.25, -0.2) is 4.98 Å². The first-order valence-corrected chi connectivity index (χ1v) is 12.0. The van der Waals surface area contributed by atoms with Gasteiger partial charge in [-0.3, -0.25) is 14.5 Å². The van der Waals surface area contributed by atoms with Crippen LogP contribution in [-0.2, 0) is 28.5 Å². The Kier molecular flexibility index (Phi) is 11.1. The summed E-state index contributed by atoms with van der Waals surface area (Å²) in [6.07, 6.45) is -1.90. The summed E-state index contributed by atoms with van der Waals surface area (Å²) in [5.41, 5.74) is 1.62. The zero-order chi connectivity index (χ0) is 27.4. The van der Waals surface area contributed by atoms with Gasteiger partial charge < -0.3 is 9.47 Å². The van der Waals surface area contributed by atoms with Gasteiger partial charge in [-0.2, -0.15) is 13.2 Å². The van der Waals surface area contributed by atoms with Crippen molar-refractivity contribution in [2.75, 3.05) is 18.6 Å². The Morgan fingerprint density at radius 3 is 2.27 bits per heavy atom. The van der Waals surface area contributed by atoms with Crippen molar-refractivity contribution in [1.82, 2.24) is 4.98 Å². The van der Waals surface area contributed by atoms with Crippen molar-refractivity contribution in [1.29, 1.82) is 0 Å². The van der Waals surface area contributed by atoms with Crippen LogP contribution in [0.4, 0.5) is 19.0 Å². The number of carbonyl (C=O) groups excluding carboxylic acids is 2. The van der Waals surface area contributed by atoms with E-state index in [1.165, 1.54) is 19.2 Å². The summed E-state index contributed by atoms with van der Waals surface area (Å²) in [5, 5.41) is 0. The summed E-state index contributed by atoms with van der Waals surface area (Å²) >= 11 is 0. The monoisotopic (exact) mass is 516 g/mol. The number of alkyl halides is 3. The fraction of sp³-hybridized carbons (Fsp3) is 0.321. The van der Waals surface area contributed by atoms with Crippen molar-refractivity contribution in [3.05, 3.63) is 83.0 Å². The van der Waals surface area contributed by atoms with E-state index >= 15 is 0 Å². The summed E-state index contributed by atoms with van der Waals surface area (Å²) in [7, 11) is 1.31. The molecular formula is C28H31F3N2O4. The average Bonchev–Trinajstić information content (AvgIpc) is 2.91. The Balaban J connectivity index is 0.000000733. The van der Waals surface area contributed by atoms with Crippen LogP contribution in [0.15, 0.2) is 60.7 Å². The van der Waals surface area contributed by atoms with Crippen LogP contribution < -0.4 is 9.64 Å². The lowest BCUT2D eigenvalue weighted by Crippen LogP contribution is -2.38. The largest absolute Gasteiger partial charge is 0.471 e. The summed E-state index contributed by atoms with van der Waals surface area (Å²) in [6.45, 7) is 6.99. The number of hydrogen-bond donors (Lipinski definition) is 0. The molecular weight excluding hydrogens is 485 g/mol. The number of rotatable bonds is 6. The van der Waals surface area contributed by atoms with E-state index in [-0.39, 0.29) is 11.7 Å². The Morgan fingerprint density at radius 1 is 1.03 bits per heavy atom. The van der Waals surface area contributed by atoms with Gasteiger partial charge in [-0.1, -0.05) is 39.3 Å². The summed E-state index contributed by atoms with van der Waals surface area (Å²) in [4.78, 5) is 28.4. The normalized spacial score (nSPS) is 12.3. The minimum atomic E-state index is -4.40. The summed E-state index contributed by atoms with van der Waals surface area (Å²) in [6, 6.07) is 15.3. The molecule has 1 aliphatic rings. The molecule has 0 atom stereocenters. The Bertz CT molecular complexity index is 1160. The van der Waals surface area contributed by atoms with E-state index in [4.69, 9.17) is 9.53 Å². The molecule has 37 heavy (non-hydrogen) atoms. The summed E-state index contributed by atoms with van der Waals surface area (Å²) < 4.78 is 47.8. The van der Waals surface area contributed by atoms with Crippen molar-refractivity contribution >= 4 is 18.2 Å². The number of methoxy groups -OCH3 is 1. The number of aromatic nitrogens is 1. The third kappa shape index (κ3) is 8.06. The van der Waals surface area contributed by atoms with Gasteiger partial charge in [0.1, 0.15) is 17.3 Å². The third-order valence-corrected chi connectivity index (χ3v) is 5.25. The van der Waals surface area contributed by atoms with Crippen LogP contribution in [0, 0.1) is 0 Å². The number of benzene rings is 2. The molecule has 6 nitrogen and oxygen atoms in total. The van der Waals surface area contributed by atoms with Crippen LogP contribution in [0.1, 0.15) is 54.4 Å². The molecule has 0 saturated carbocycles. The minimum absolute atomic E-state index is 0.166. The molecule has 1 aromatic heterocycles. The van der Waals surface area contributed by atoms with E-state index in [0.29, 0.717) is 36.6 Å². The van der Waals surface area contributed by atoms with E-state index in [2.05, 4.69) is 16.6 Å². The maximum absolute atomic E-state index is 13.2. The predicted octanol–water partition coefficient (Wildman–Crippen LogP) is 6.86. The second-order valence-corrected chi connectivity index (χ2v) is 7.72. The number of anilines is 1. The van der Waals surface area contributed by atoms with Gasteiger partial charge in [0.2, 0.25) is 0 Å². The van der Waals surface area contributed by atoms with E-state index in [9.17, 15) is 18.0 Å². The minimum Gasteiger partial charge on any atom is -0.471 e. The number of halogens is 3. The second-order valence-electron chi connectivity index (χ2n) is 7.72. The highest BCUT2D eigenvalue weighted by Gasteiger charge is 2.30. The molecule has 0 bridgehead atoms. The number of carbonyl (C=O) groups is 2. The molecule has 0 fully saturated rings. The Labute approximate surface area is 215 Å². The van der Waals surface area contributed by atoms with Crippen molar-refractivity contribution in [2.24, 2.45) is 0 Å². The fourth-order valence-electron chi connectivity index (χ4n) is 3.59. The number of nitrogens with zero attached hydrogens (tertiary/aromatic N) is 2. The molecule has 0 N–H and O–H groups in total. The topological polar surface area (TPSA) is 68.7 Å². The lowest BCUT2D eigenvalue weighted by Gasteiger charge is -2.28. The average molecular weight is 517 g/mol. The molecule has 0 saturated heterocycles. The maximum Gasteiger partial charge on any atom is 0.416 e. The Hall–Kier alpha value is -3.88. The van der Waals surface area contributed by atoms with Gasteiger partial charge in [-0.15, -0.1) is 0 Å². The first-order chi connectivity index (χ1) is 17.8. The number of aryl methyl sites for hydroxylation is 1. The molecule has 0 unspecified atom stereocenters. The van der Waals surface area contributed by atoms with Gasteiger partial charge in [0.25, 0.3) is 12.4 Å². The smallest absolute Gasteiger partial charge is 0.416 e. The number of hydrogen-bond acceptors (Lipinski definition) is 5. The third-order valence-electron chi connectivity index (χ3n) is 5.25. The molecule has 0 aliphatic carbocycles. The molecule has 4 rings (SSSR count). The lowest BCUT2D eigenvalue weighted by atomic mass is 9.98. The maximum atomic E-state index is 13.2. The number of fused-ring (bicyclic) bond motifs is 1. The van der Waals surface area contributed by atoms with Gasteiger partial charge >= 0.3 is 6.18 Å². The van der Waals surface area contributed by atoms with E-state index in [1.807, 2.05) is 38.1 Å².